The van der Waals surface area contributed by atoms with Crippen LogP contribution >= 0.6 is 11.3 Å². The first-order chi connectivity index (χ1) is 12.0. The number of aromatic nitrogens is 1. The third-order valence-corrected chi connectivity index (χ3v) is 4.58. The first kappa shape index (κ1) is 16.7. The Morgan fingerprint density at radius 2 is 2.08 bits per heavy atom. The van der Waals surface area contributed by atoms with E-state index in [0.717, 1.165) is 0 Å². The standard InChI is InChI=1S/C17H12FN3O3S/c1-20-16-13(18)6-3-7-14(16)25-17(20)19-15(22)9-8-11-4-2-5-12(10-11)21(23)24/h2-10H,1H3. The fourth-order valence-corrected chi connectivity index (χ4v) is 3.34. The Morgan fingerprint density at radius 3 is 2.80 bits per heavy atom. The van der Waals surface area contributed by atoms with Gasteiger partial charge >= 0.3 is 0 Å². The summed E-state index contributed by atoms with van der Waals surface area (Å²) < 4.78 is 16.1. The van der Waals surface area contributed by atoms with Gasteiger partial charge in [0.25, 0.3) is 11.6 Å². The minimum absolute atomic E-state index is 0.0575. The highest BCUT2D eigenvalue weighted by atomic mass is 32.1. The lowest BCUT2D eigenvalue weighted by Crippen LogP contribution is -2.12. The largest absolute Gasteiger partial charge is 0.317 e. The lowest BCUT2D eigenvalue weighted by atomic mass is 10.2. The molecule has 2 aromatic carbocycles. The summed E-state index contributed by atoms with van der Waals surface area (Å²) in [5, 5.41) is 10.7. The first-order valence-electron chi connectivity index (χ1n) is 7.21. The quantitative estimate of drug-likeness (QED) is 0.409. The SMILES string of the molecule is Cn1c(=NC(=O)C=Cc2cccc([N+](=O)[O-])c2)sc2cccc(F)c21. The maximum atomic E-state index is 13.9. The van der Waals surface area contributed by atoms with Crippen molar-refractivity contribution in [1.29, 1.82) is 0 Å². The average molecular weight is 357 g/mol. The summed E-state index contributed by atoms with van der Waals surface area (Å²) in [6, 6.07) is 10.6. The van der Waals surface area contributed by atoms with Crippen LogP contribution in [0.1, 0.15) is 5.56 Å². The minimum Gasteiger partial charge on any atom is -0.317 e. The number of hydrogen-bond acceptors (Lipinski definition) is 4. The summed E-state index contributed by atoms with van der Waals surface area (Å²) in [6.07, 6.45) is 2.67. The maximum absolute atomic E-state index is 13.9. The Kier molecular flexibility index (Phi) is 4.53. The van der Waals surface area contributed by atoms with Gasteiger partial charge in [0, 0.05) is 25.3 Å². The molecule has 0 aliphatic carbocycles. The van der Waals surface area contributed by atoms with Gasteiger partial charge in [-0.05, 0) is 23.8 Å². The number of thiazole rings is 1. The van der Waals surface area contributed by atoms with Gasteiger partial charge in [-0.2, -0.15) is 4.99 Å². The molecule has 6 nitrogen and oxygen atoms in total. The van der Waals surface area contributed by atoms with Gasteiger partial charge in [-0.25, -0.2) is 4.39 Å². The van der Waals surface area contributed by atoms with E-state index in [4.69, 9.17) is 0 Å². The van der Waals surface area contributed by atoms with Crippen LogP contribution in [-0.4, -0.2) is 15.4 Å². The van der Waals surface area contributed by atoms with Gasteiger partial charge in [-0.1, -0.05) is 29.5 Å². The molecule has 0 saturated heterocycles. The summed E-state index contributed by atoms with van der Waals surface area (Å²) in [7, 11) is 1.64. The van der Waals surface area contributed by atoms with Gasteiger partial charge in [-0.3, -0.25) is 14.9 Å². The average Bonchev–Trinajstić information content (AvgIpc) is 2.90. The number of aryl methyl sites for hydroxylation is 1. The molecule has 25 heavy (non-hydrogen) atoms. The second-order valence-electron chi connectivity index (χ2n) is 5.17. The van der Waals surface area contributed by atoms with Crippen LogP contribution < -0.4 is 4.80 Å². The first-order valence-corrected chi connectivity index (χ1v) is 8.02. The Balaban J connectivity index is 1.91. The summed E-state index contributed by atoms with van der Waals surface area (Å²) in [4.78, 5) is 26.6. The van der Waals surface area contributed by atoms with Crippen LogP contribution in [0.4, 0.5) is 10.1 Å². The lowest BCUT2D eigenvalue weighted by molar-refractivity contribution is -0.384. The summed E-state index contributed by atoms with van der Waals surface area (Å²) in [6.45, 7) is 0. The van der Waals surface area contributed by atoms with E-state index in [0.29, 0.717) is 20.6 Å². The number of halogens is 1. The molecule has 0 aliphatic heterocycles. The fraction of sp³-hybridized carbons (Fsp3) is 0.0588. The number of carbonyl (C=O) groups is 1. The molecule has 0 atom stereocenters. The molecule has 0 bridgehead atoms. The monoisotopic (exact) mass is 357 g/mol. The maximum Gasteiger partial charge on any atom is 0.272 e. The summed E-state index contributed by atoms with van der Waals surface area (Å²) >= 11 is 1.21. The molecule has 0 fully saturated rings. The molecule has 8 heteroatoms. The number of para-hydroxylation sites is 1. The zero-order valence-corrected chi connectivity index (χ0v) is 13.9. The number of hydrogen-bond donors (Lipinski definition) is 0. The highest BCUT2D eigenvalue weighted by Crippen LogP contribution is 2.19. The predicted octanol–water partition coefficient (Wildman–Crippen LogP) is 3.43. The molecule has 1 amide bonds. The number of amides is 1. The number of nitro benzene ring substituents is 1. The van der Waals surface area contributed by atoms with Crippen molar-refractivity contribution in [3.63, 3.8) is 0 Å². The number of nitrogens with zero attached hydrogens (tertiary/aromatic N) is 3. The Morgan fingerprint density at radius 1 is 1.32 bits per heavy atom. The molecule has 1 heterocycles. The highest BCUT2D eigenvalue weighted by molar-refractivity contribution is 7.16. The molecule has 0 unspecified atom stereocenters. The van der Waals surface area contributed by atoms with Crippen LogP contribution in [0.2, 0.25) is 0 Å². The van der Waals surface area contributed by atoms with Crippen molar-refractivity contribution in [2.24, 2.45) is 12.0 Å². The summed E-state index contributed by atoms with van der Waals surface area (Å²) in [5.74, 6) is -0.911. The van der Waals surface area contributed by atoms with Crippen molar-refractivity contribution in [2.45, 2.75) is 0 Å². The van der Waals surface area contributed by atoms with Gasteiger partial charge in [0.1, 0.15) is 5.82 Å². The van der Waals surface area contributed by atoms with Crippen molar-refractivity contribution in [3.05, 3.63) is 74.8 Å². The fourth-order valence-electron chi connectivity index (χ4n) is 2.30. The molecule has 3 rings (SSSR count). The van der Waals surface area contributed by atoms with Crippen LogP contribution in [-0.2, 0) is 11.8 Å². The number of carbonyl (C=O) groups excluding carboxylic acids is 1. The zero-order valence-electron chi connectivity index (χ0n) is 13.0. The van der Waals surface area contributed by atoms with E-state index in [1.807, 2.05) is 0 Å². The van der Waals surface area contributed by atoms with Crippen molar-refractivity contribution in [1.82, 2.24) is 4.57 Å². The van der Waals surface area contributed by atoms with E-state index in [-0.39, 0.29) is 11.5 Å². The van der Waals surface area contributed by atoms with Crippen molar-refractivity contribution < 1.29 is 14.1 Å². The second kappa shape index (κ2) is 6.78. The Hall–Kier alpha value is -3.13. The van der Waals surface area contributed by atoms with E-state index >= 15 is 0 Å². The van der Waals surface area contributed by atoms with Gasteiger partial charge in [0.2, 0.25) is 0 Å². The molecule has 0 saturated carbocycles. The molecule has 0 spiro atoms. The smallest absolute Gasteiger partial charge is 0.272 e. The van der Waals surface area contributed by atoms with E-state index in [1.54, 1.807) is 25.2 Å². The number of nitro groups is 1. The molecular weight excluding hydrogens is 345 g/mol. The normalized spacial score (nSPS) is 12.2. The molecule has 3 aromatic rings. The number of non-ortho nitro benzene ring substituents is 1. The van der Waals surface area contributed by atoms with E-state index in [2.05, 4.69) is 4.99 Å². The predicted molar refractivity (Wildman–Crippen MR) is 93.5 cm³/mol. The molecule has 126 valence electrons. The molecule has 0 N–H and O–H groups in total. The van der Waals surface area contributed by atoms with E-state index in [9.17, 15) is 19.3 Å². The van der Waals surface area contributed by atoms with Crippen molar-refractivity contribution in [2.75, 3.05) is 0 Å². The van der Waals surface area contributed by atoms with Gasteiger partial charge in [0.15, 0.2) is 4.80 Å². The van der Waals surface area contributed by atoms with Crippen LogP contribution in [0.3, 0.4) is 0 Å². The third-order valence-electron chi connectivity index (χ3n) is 3.48. The molecule has 1 aromatic heterocycles. The molecule has 0 aliphatic rings. The topological polar surface area (TPSA) is 77.5 Å². The number of fused-ring (bicyclic) bond motifs is 1. The van der Waals surface area contributed by atoms with Crippen LogP contribution in [0.25, 0.3) is 16.3 Å². The Bertz CT molecular complexity index is 1080. The molecular formula is C17H12FN3O3S. The summed E-state index contributed by atoms with van der Waals surface area (Å²) in [5.41, 5.74) is 0.851. The second-order valence-corrected chi connectivity index (χ2v) is 6.17. The number of benzene rings is 2. The Labute approximate surface area is 145 Å². The van der Waals surface area contributed by atoms with Crippen molar-refractivity contribution in [3.8, 4) is 0 Å². The molecule has 0 radical (unpaired) electrons. The van der Waals surface area contributed by atoms with Gasteiger partial charge in [0.05, 0.1) is 15.1 Å². The van der Waals surface area contributed by atoms with Crippen molar-refractivity contribution >= 4 is 39.2 Å². The number of rotatable bonds is 3. The van der Waals surface area contributed by atoms with Gasteiger partial charge in [-0.15, -0.1) is 0 Å². The minimum atomic E-state index is -0.533. The van der Waals surface area contributed by atoms with Crippen LogP contribution in [0.5, 0.6) is 0 Å². The van der Waals surface area contributed by atoms with Gasteiger partial charge < -0.3 is 4.57 Å². The third kappa shape index (κ3) is 3.53. The lowest BCUT2D eigenvalue weighted by Gasteiger charge is -1.96. The van der Waals surface area contributed by atoms with E-state index in [1.165, 1.54) is 52.3 Å². The highest BCUT2D eigenvalue weighted by Gasteiger charge is 2.08. The van der Waals surface area contributed by atoms with Crippen LogP contribution in [0.15, 0.2) is 53.5 Å². The zero-order chi connectivity index (χ0) is 18.0. The van der Waals surface area contributed by atoms with Crippen LogP contribution in [0, 0.1) is 15.9 Å². The van der Waals surface area contributed by atoms with E-state index < -0.39 is 10.8 Å².